The summed E-state index contributed by atoms with van der Waals surface area (Å²) in [5.74, 6) is 0. The van der Waals surface area contributed by atoms with Crippen molar-refractivity contribution < 1.29 is 0 Å². The predicted octanol–water partition coefficient (Wildman–Crippen LogP) is 6.16. The zero-order valence-electron chi connectivity index (χ0n) is 12.4. The van der Waals surface area contributed by atoms with E-state index in [9.17, 15) is 0 Å². The second-order valence-corrected chi connectivity index (χ2v) is 4.32. The van der Waals surface area contributed by atoms with Crippen LogP contribution in [0.1, 0.15) is 17.5 Å². The van der Waals surface area contributed by atoms with E-state index in [1.54, 1.807) is 0 Å². The van der Waals surface area contributed by atoms with Gasteiger partial charge in [-0.15, -0.1) is 0 Å². The highest BCUT2D eigenvalue weighted by Gasteiger charge is 1.76. The molecular weight excluding hydrogens is 252 g/mol. The van der Waals surface area contributed by atoms with Gasteiger partial charge in [0.2, 0.25) is 0 Å². The minimum absolute atomic E-state index is 1.14. The standard InChI is InChI=1S/2C8H8.C5H6/c2*1-2-8-6-4-3-5-7-8;1-2-4-5-3-1/h2*2-7H,1H2;1-4H,5H2. The van der Waals surface area contributed by atoms with Crippen LogP contribution in [0.2, 0.25) is 0 Å². The molecular formula is C21H22. The van der Waals surface area contributed by atoms with Gasteiger partial charge in [0.25, 0.3) is 0 Å². The summed E-state index contributed by atoms with van der Waals surface area (Å²) in [6, 6.07) is 20.1. The van der Waals surface area contributed by atoms with Gasteiger partial charge < -0.3 is 0 Å². The van der Waals surface area contributed by atoms with E-state index in [1.165, 1.54) is 11.1 Å². The molecule has 2 aromatic rings. The Morgan fingerprint density at radius 3 is 1.19 bits per heavy atom. The highest BCUT2D eigenvalue weighted by atomic mass is 13.8. The molecule has 0 unspecified atom stereocenters. The second-order valence-electron chi connectivity index (χ2n) is 4.32. The largest absolute Gasteiger partial charge is 0.0985 e. The fourth-order valence-corrected chi connectivity index (χ4v) is 1.57. The quantitative estimate of drug-likeness (QED) is 0.615. The van der Waals surface area contributed by atoms with Crippen molar-refractivity contribution in [2.24, 2.45) is 0 Å². The van der Waals surface area contributed by atoms with Crippen LogP contribution < -0.4 is 0 Å². The van der Waals surface area contributed by atoms with Gasteiger partial charge in [-0.1, -0.05) is 110 Å². The SMILES string of the molecule is C1=CCC=C1.C=Cc1ccccc1.C=Cc1ccccc1. The molecule has 0 amide bonds. The minimum Gasteiger partial charge on any atom is -0.0985 e. The molecule has 0 heteroatoms. The average molecular weight is 274 g/mol. The van der Waals surface area contributed by atoms with Crippen molar-refractivity contribution in [2.45, 2.75) is 6.42 Å². The normalized spacial score (nSPS) is 10.7. The Bertz CT molecular complexity index is 506. The Labute approximate surface area is 128 Å². The lowest BCUT2D eigenvalue weighted by Gasteiger charge is -1.85. The molecule has 0 heterocycles. The highest BCUT2D eigenvalue weighted by molar-refractivity contribution is 5.46. The molecule has 0 N–H and O–H groups in total. The maximum atomic E-state index is 3.63. The molecule has 0 bridgehead atoms. The lowest BCUT2D eigenvalue weighted by Crippen LogP contribution is -1.63. The summed E-state index contributed by atoms with van der Waals surface area (Å²) in [7, 11) is 0. The maximum absolute atomic E-state index is 3.63. The van der Waals surface area contributed by atoms with Crippen molar-refractivity contribution >= 4 is 12.2 Å². The van der Waals surface area contributed by atoms with E-state index >= 15 is 0 Å². The van der Waals surface area contributed by atoms with E-state index in [0.29, 0.717) is 0 Å². The van der Waals surface area contributed by atoms with E-state index in [1.807, 2.05) is 72.8 Å². The van der Waals surface area contributed by atoms with Crippen LogP contribution in [0.25, 0.3) is 12.2 Å². The summed E-state index contributed by atoms with van der Waals surface area (Å²) < 4.78 is 0. The first-order valence-corrected chi connectivity index (χ1v) is 7.03. The number of hydrogen-bond donors (Lipinski definition) is 0. The fraction of sp³-hybridized carbons (Fsp3) is 0.0476. The summed E-state index contributed by atoms with van der Waals surface area (Å²) in [5, 5.41) is 0. The molecule has 0 atom stereocenters. The summed E-state index contributed by atoms with van der Waals surface area (Å²) >= 11 is 0. The van der Waals surface area contributed by atoms with Crippen molar-refractivity contribution in [3.63, 3.8) is 0 Å². The van der Waals surface area contributed by atoms with E-state index < -0.39 is 0 Å². The van der Waals surface area contributed by atoms with Crippen LogP contribution in [0, 0.1) is 0 Å². The van der Waals surface area contributed by atoms with Crippen molar-refractivity contribution in [3.05, 3.63) is 109 Å². The molecule has 0 fully saturated rings. The summed E-state index contributed by atoms with van der Waals surface area (Å²) in [5.41, 5.74) is 2.35. The van der Waals surface area contributed by atoms with Crippen molar-refractivity contribution in [2.75, 3.05) is 0 Å². The molecule has 2 aromatic carbocycles. The van der Waals surface area contributed by atoms with Gasteiger partial charge in [-0.3, -0.25) is 0 Å². The zero-order valence-corrected chi connectivity index (χ0v) is 12.4. The van der Waals surface area contributed by atoms with Gasteiger partial charge in [-0.05, 0) is 17.5 Å². The van der Waals surface area contributed by atoms with Gasteiger partial charge >= 0.3 is 0 Å². The zero-order chi connectivity index (χ0) is 15.2. The highest BCUT2D eigenvalue weighted by Crippen LogP contribution is 1.98. The minimum atomic E-state index is 1.14. The second kappa shape index (κ2) is 11.2. The Balaban J connectivity index is 0.000000162. The number of benzene rings is 2. The Hall–Kier alpha value is -2.60. The predicted molar refractivity (Wildman–Crippen MR) is 96.0 cm³/mol. The topological polar surface area (TPSA) is 0 Å². The number of rotatable bonds is 2. The molecule has 3 rings (SSSR count). The average Bonchev–Trinajstić information content (AvgIpc) is 3.17. The van der Waals surface area contributed by atoms with E-state index in [4.69, 9.17) is 0 Å². The monoisotopic (exact) mass is 274 g/mol. The molecule has 0 radical (unpaired) electrons. The lowest BCUT2D eigenvalue weighted by atomic mass is 10.2. The molecule has 0 aromatic heterocycles. The van der Waals surface area contributed by atoms with Crippen LogP contribution in [0.3, 0.4) is 0 Å². The van der Waals surface area contributed by atoms with Crippen LogP contribution in [-0.4, -0.2) is 0 Å². The molecule has 21 heavy (non-hydrogen) atoms. The van der Waals surface area contributed by atoms with Gasteiger partial charge in [0.1, 0.15) is 0 Å². The molecule has 106 valence electrons. The summed E-state index contributed by atoms with van der Waals surface area (Å²) in [6.45, 7) is 7.26. The van der Waals surface area contributed by atoms with Crippen LogP contribution in [0.15, 0.2) is 98.1 Å². The molecule has 0 nitrogen and oxygen atoms in total. The van der Waals surface area contributed by atoms with Crippen molar-refractivity contribution in [3.8, 4) is 0 Å². The van der Waals surface area contributed by atoms with Gasteiger partial charge in [-0.25, -0.2) is 0 Å². The van der Waals surface area contributed by atoms with Crippen molar-refractivity contribution in [1.82, 2.24) is 0 Å². The van der Waals surface area contributed by atoms with Crippen LogP contribution in [-0.2, 0) is 0 Å². The third-order valence-electron chi connectivity index (χ3n) is 2.73. The van der Waals surface area contributed by atoms with Crippen LogP contribution in [0.5, 0.6) is 0 Å². The number of hydrogen-bond acceptors (Lipinski definition) is 0. The van der Waals surface area contributed by atoms with E-state index in [0.717, 1.165) is 6.42 Å². The molecule has 0 saturated heterocycles. The third-order valence-corrected chi connectivity index (χ3v) is 2.73. The Kier molecular flexibility index (Phi) is 8.81. The summed E-state index contributed by atoms with van der Waals surface area (Å²) in [4.78, 5) is 0. The first kappa shape index (κ1) is 16.5. The lowest BCUT2D eigenvalue weighted by molar-refractivity contribution is 1.45. The molecule has 0 spiro atoms. The van der Waals surface area contributed by atoms with Gasteiger partial charge in [-0.2, -0.15) is 0 Å². The van der Waals surface area contributed by atoms with Gasteiger partial charge in [0.05, 0.1) is 0 Å². The summed E-state index contributed by atoms with van der Waals surface area (Å²) in [6.07, 6.45) is 13.2. The number of allylic oxidation sites excluding steroid dienone is 4. The Morgan fingerprint density at radius 2 is 1.00 bits per heavy atom. The fourth-order valence-electron chi connectivity index (χ4n) is 1.57. The first-order valence-electron chi connectivity index (χ1n) is 7.03. The van der Waals surface area contributed by atoms with Crippen molar-refractivity contribution in [1.29, 1.82) is 0 Å². The third kappa shape index (κ3) is 8.22. The van der Waals surface area contributed by atoms with Crippen LogP contribution >= 0.6 is 0 Å². The molecule has 1 aliphatic rings. The molecule has 0 aliphatic heterocycles. The Morgan fingerprint density at radius 1 is 0.619 bits per heavy atom. The van der Waals surface area contributed by atoms with Gasteiger partial charge in [0, 0.05) is 0 Å². The smallest absolute Gasteiger partial charge is 0.0163 e. The molecule has 0 saturated carbocycles. The van der Waals surface area contributed by atoms with Crippen LogP contribution in [0.4, 0.5) is 0 Å². The first-order chi connectivity index (χ1) is 10.4. The maximum Gasteiger partial charge on any atom is -0.0163 e. The molecule has 1 aliphatic carbocycles. The van der Waals surface area contributed by atoms with Gasteiger partial charge in [0.15, 0.2) is 0 Å². The van der Waals surface area contributed by atoms with E-state index in [-0.39, 0.29) is 0 Å². The van der Waals surface area contributed by atoms with E-state index in [2.05, 4.69) is 37.5 Å².